The van der Waals surface area contributed by atoms with Crippen LogP contribution in [0.25, 0.3) is 16.5 Å². The van der Waals surface area contributed by atoms with Crippen molar-refractivity contribution >= 4 is 16.7 Å². The van der Waals surface area contributed by atoms with Gasteiger partial charge in [0.25, 0.3) is 11.5 Å². The summed E-state index contributed by atoms with van der Waals surface area (Å²) in [6, 6.07) is 27.7. The number of ether oxygens (including phenoxy) is 1. The van der Waals surface area contributed by atoms with Crippen molar-refractivity contribution in [3.05, 3.63) is 112 Å². The van der Waals surface area contributed by atoms with E-state index >= 15 is 0 Å². The van der Waals surface area contributed by atoms with E-state index in [9.17, 15) is 9.59 Å². The molecule has 4 aromatic rings. The van der Waals surface area contributed by atoms with Crippen LogP contribution >= 0.6 is 0 Å². The Balaban J connectivity index is 1.47. The number of likely N-dealkylation sites (tertiary alicyclic amines) is 1. The van der Waals surface area contributed by atoms with Crippen molar-refractivity contribution in [2.24, 2.45) is 0 Å². The molecular formula is C36H42N4O3. The maximum atomic E-state index is 14.5. The van der Waals surface area contributed by atoms with Gasteiger partial charge in [0, 0.05) is 48.7 Å². The van der Waals surface area contributed by atoms with Crippen LogP contribution in [0.3, 0.4) is 0 Å². The average molecular weight is 579 g/mol. The van der Waals surface area contributed by atoms with E-state index in [4.69, 9.17) is 4.74 Å². The number of nitrogens with one attached hydrogen (secondary N) is 1. The van der Waals surface area contributed by atoms with Crippen molar-refractivity contribution in [1.29, 1.82) is 0 Å². The van der Waals surface area contributed by atoms with Crippen molar-refractivity contribution < 1.29 is 9.53 Å². The molecule has 0 bridgehead atoms. The maximum absolute atomic E-state index is 14.5. The Kier molecular flexibility index (Phi) is 9.32. The molecule has 3 heterocycles. The smallest absolute Gasteiger partial charge is 0.263 e. The zero-order valence-electron chi connectivity index (χ0n) is 25.1. The summed E-state index contributed by atoms with van der Waals surface area (Å²) in [7, 11) is 0. The third-order valence-corrected chi connectivity index (χ3v) is 9.02. The van der Waals surface area contributed by atoms with E-state index < -0.39 is 0 Å². The summed E-state index contributed by atoms with van der Waals surface area (Å²) >= 11 is 0. The minimum absolute atomic E-state index is 0.0924. The van der Waals surface area contributed by atoms with Gasteiger partial charge in [0.2, 0.25) is 0 Å². The first-order valence-electron chi connectivity index (χ1n) is 15.8. The number of hydrogen-bond acceptors (Lipinski definition) is 5. The largest absolute Gasteiger partial charge is 0.379 e. The van der Waals surface area contributed by atoms with Gasteiger partial charge in [-0.05, 0) is 49.6 Å². The molecule has 1 amide bonds. The van der Waals surface area contributed by atoms with Gasteiger partial charge in [-0.15, -0.1) is 0 Å². The molecule has 2 atom stereocenters. The van der Waals surface area contributed by atoms with Crippen molar-refractivity contribution in [1.82, 2.24) is 19.7 Å². The molecule has 2 aliphatic rings. The number of nitrogens with zero attached hydrogens (tertiary/aromatic N) is 3. The topological polar surface area (TPSA) is 66.8 Å². The summed E-state index contributed by atoms with van der Waals surface area (Å²) in [6.07, 6.45) is 4.16. The van der Waals surface area contributed by atoms with Gasteiger partial charge < -0.3 is 10.1 Å². The van der Waals surface area contributed by atoms with E-state index in [1.165, 1.54) is 6.42 Å². The molecular weight excluding hydrogens is 536 g/mol. The highest BCUT2D eigenvalue weighted by molar-refractivity contribution is 6.08. The molecule has 0 spiro atoms. The number of piperidine rings is 1. The molecule has 0 aliphatic carbocycles. The number of fused-ring (bicyclic) bond motifs is 1. The van der Waals surface area contributed by atoms with Crippen molar-refractivity contribution in [2.45, 2.75) is 51.2 Å². The Morgan fingerprint density at radius 1 is 0.884 bits per heavy atom. The highest BCUT2D eigenvalue weighted by Crippen LogP contribution is 2.28. The van der Waals surface area contributed by atoms with Crippen LogP contribution in [0.4, 0.5) is 0 Å². The van der Waals surface area contributed by atoms with Crippen LogP contribution in [0.1, 0.15) is 60.3 Å². The molecule has 2 saturated heterocycles. The fourth-order valence-electron chi connectivity index (χ4n) is 6.74. The molecule has 7 nitrogen and oxygen atoms in total. The molecule has 7 heteroatoms. The second-order valence-electron chi connectivity index (χ2n) is 11.7. The van der Waals surface area contributed by atoms with Crippen LogP contribution < -0.4 is 10.9 Å². The van der Waals surface area contributed by atoms with E-state index in [-0.39, 0.29) is 17.5 Å². The highest BCUT2D eigenvalue weighted by Gasteiger charge is 2.30. The molecule has 2 aliphatic heterocycles. The van der Waals surface area contributed by atoms with Gasteiger partial charge in [0.15, 0.2) is 0 Å². The molecule has 1 unspecified atom stereocenters. The van der Waals surface area contributed by atoms with Gasteiger partial charge in [-0.3, -0.25) is 24.0 Å². The number of pyridine rings is 1. The minimum atomic E-state index is -0.145. The lowest BCUT2D eigenvalue weighted by Crippen LogP contribution is -2.49. The fraction of sp³-hybridized carbons (Fsp3) is 0.389. The number of benzene rings is 3. The van der Waals surface area contributed by atoms with Gasteiger partial charge in [-0.25, -0.2) is 0 Å². The standard InChI is InChI=1S/C36H42N4O3/c1-2-32(27-13-5-3-6-14-27)37-35(41)34-30-18-9-10-19-31(30)36(42)40(28-15-7-4-8-16-28)33(34)26-39-20-12-11-17-29(39)25-38-21-23-43-24-22-38/h3-10,13-16,18-19,29,32H,2,11-12,17,20-26H2,1H3,(H,37,41)/t29-,32?/m0/s1. The van der Waals surface area contributed by atoms with E-state index in [1.54, 1.807) is 4.57 Å². The highest BCUT2D eigenvalue weighted by atomic mass is 16.5. The number of aromatic nitrogens is 1. The first-order valence-corrected chi connectivity index (χ1v) is 15.8. The quantitative estimate of drug-likeness (QED) is 0.282. The molecule has 0 radical (unpaired) electrons. The summed E-state index contributed by atoms with van der Waals surface area (Å²) in [5, 5.41) is 4.61. The molecule has 3 aromatic carbocycles. The Hall–Kier alpha value is -3.78. The number of morpholine rings is 1. The molecule has 1 aromatic heterocycles. The monoisotopic (exact) mass is 578 g/mol. The summed E-state index contributed by atoms with van der Waals surface area (Å²) in [4.78, 5) is 33.7. The van der Waals surface area contributed by atoms with Gasteiger partial charge in [-0.1, -0.05) is 80.1 Å². The lowest BCUT2D eigenvalue weighted by atomic mass is 9.97. The predicted octanol–water partition coefficient (Wildman–Crippen LogP) is 5.56. The number of para-hydroxylation sites is 1. The number of hydrogen-bond donors (Lipinski definition) is 1. The summed E-state index contributed by atoms with van der Waals surface area (Å²) in [6.45, 7) is 7.96. The normalized spacial score (nSPS) is 18.9. The summed E-state index contributed by atoms with van der Waals surface area (Å²) in [5.74, 6) is -0.145. The third kappa shape index (κ3) is 6.44. The van der Waals surface area contributed by atoms with Crippen molar-refractivity contribution in [3.63, 3.8) is 0 Å². The van der Waals surface area contributed by atoms with Gasteiger partial charge in [-0.2, -0.15) is 0 Å². The average Bonchev–Trinajstić information content (AvgIpc) is 3.06. The Bertz CT molecular complexity index is 1580. The van der Waals surface area contributed by atoms with Gasteiger partial charge >= 0.3 is 0 Å². The Labute approximate surface area is 254 Å². The SMILES string of the molecule is CCC(NC(=O)c1c(CN2CCCC[C@H]2CN2CCOCC2)n(-c2ccccc2)c(=O)c2ccccc12)c1ccccc1. The van der Waals surface area contributed by atoms with E-state index in [2.05, 4.69) is 34.2 Å². The molecule has 224 valence electrons. The fourth-order valence-corrected chi connectivity index (χ4v) is 6.74. The summed E-state index contributed by atoms with van der Waals surface area (Å²) < 4.78 is 7.40. The molecule has 6 rings (SSSR count). The minimum Gasteiger partial charge on any atom is -0.379 e. The maximum Gasteiger partial charge on any atom is 0.263 e. The van der Waals surface area contributed by atoms with Crippen LogP contribution in [0.2, 0.25) is 0 Å². The van der Waals surface area contributed by atoms with E-state index in [0.29, 0.717) is 28.9 Å². The van der Waals surface area contributed by atoms with Crippen LogP contribution in [0, 0.1) is 0 Å². The van der Waals surface area contributed by atoms with Crippen molar-refractivity contribution in [3.8, 4) is 5.69 Å². The molecule has 0 saturated carbocycles. The van der Waals surface area contributed by atoms with Gasteiger partial charge in [0.1, 0.15) is 0 Å². The van der Waals surface area contributed by atoms with Crippen LogP contribution in [-0.4, -0.2) is 65.7 Å². The Morgan fingerprint density at radius 2 is 1.56 bits per heavy atom. The third-order valence-electron chi connectivity index (χ3n) is 9.02. The van der Waals surface area contributed by atoms with Gasteiger partial charge in [0.05, 0.1) is 30.5 Å². The van der Waals surface area contributed by atoms with Crippen LogP contribution in [0.15, 0.2) is 89.7 Å². The molecule has 43 heavy (non-hydrogen) atoms. The number of carbonyl (C=O) groups excluding carboxylic acids is 1. The second kappa shape index (κ2) is 13.7. The first kappa shape index (κ1) is 29.3. The van der Waals surface area contributed by atoms with Crippen molar-refractivity contribution in [2.75, 3.05) is 39.4 Å². The number of carbonyl (C=O) groups is 1. The summed E-state index contributed by atoms with van der Waals surface area (Å²) in [5.41, 5.74) is 3.10. The van der Waals surface area contributed by atoms with Crippen LogP contribution in [-0.2, 0) is 11.3 Å². The molecule has 2 fully saturated rings. The Morgan fingerprint density at radius 3 is 2.28 bits per heavy atom. The number of rotatable bonds is 9. The van der Waals surface area contributed by atoms with Crippen LogP contribution in [0.5, 0.6) is 0 Å². The number of amides is 1. The van der Waals surface area contributed by atoms with E-state index in [0.717, 1.165) is 75.6 Å². The second-order valence-corrected chi connectivity index (χ2v) is 11.7. The lowest BCUT2D eigenvalue weighted by Gasteiger charge is -2.40. The molecule has 1 N–H and O–H groups in total. The van der Waals surface area contributed by atoms with E-state index in [1.807, 2.05) is 72.8 Å². The lowest BCUT2D eigenvalue weighted by molar-refractivity contribution is 0.0149. The predicted molar refractivity (Wildman–Crippen MR) is 172 cm³/mol. The first-order chi connectivity index (χ1) is 21.1. The zero-order valence-corrected chi connectivity index (χ0v) is 25.1. The zero-order chi connectivity index (χ0) is 29.6.